The van der Waals surface area contributed by atoms with E-state index in [1.165, 1.54) is 19.2 Å². The Balaban J connectivity index is 3.25. The first-order valence-corrected chi connectivity index (χ1v) is 3.64. The predicted molar refractivity (Wildman–Crippen MR) is 44.6 cm³/mol. The number of hydrogen-bond donors (Lipinski definition) is 0. The fourth-order valence-corrected chi connectivity index (χ4v) is 1.01. The third-order valence-corrected chi connectivity index (χ3v) is 1.68. The van der Waals surface area contributed by atoms with Gasteiger partial charge in [-0.25, -0.2) is 4.98 Å². The summed E-state index contributed by atoms with van der Waals surface area (Å²) in [6, 6.07) is 1.42. The van der Waals surface area contributed by atoms with Gasteiger partial charge in [-0.15, -0.1) is 0 Å². The fraction of sp³-hybridized carbons (Fsp3) is 0.125. The molecule has 0 radical (unpaired) electrons. The van der Waals surface area contributed by atoms with Gasteiger partial charge in [0.25, 0.3) is 0 Å². The first-order valence-electron chi connectivity index (χ1n) is 3.27. The molecule has 1 rings (SSSR count). The van der Waals surface area contributed by atoms with Crippen LogP contribution >= 0.6 is 11.6 Å². The van der Waals surface area contributed by atoms with E-state index < -0.39 is 0 Å². The number of pyridine rings is 1. The zero-order valence-corrected chi connectivity index (χ0v) is 7.13. The van der Waals surface area contributed by atoms with Crippen LogP contribution in [0.3, 0.4) is 0 Å². The molecular weight excluding hydrogens is 178 g/mol. The molecule has 62 valence electrons. The minimum absolute atomic E-state index is 0.133. The molecule has 0 saturated carbocycles. The second-order valence-corrected chi connectivity index (χ2v) is 2.64. The molecule has 4 heteroatoms. The Kier molecular flexibility index (Phi) is 2.55. The molecule has 0 N–H and O–H groups in total. The molecule has 1 aromatic heterocycles. The molecule has 0 unspecified atom stereocenters. The van der Waals surface area contributed by atoms with E-state index in [2.05, 4.69) is 4.98 Å². The van der Waals surface area contributed by atoms with Gasteiger partial charge < -0.3 is 0 Å². The molecule has 1 aromatic rings. The Morgan fingerprint density at radius 1 is 1.67 bits per heavy atom. The van der Waals surface area contributed by atoms with Gasteiger partial charge in [-0.2, -0.15) is 0 Å². The molecule has 0 aliphatic heterocycles. The van der Waals surface area contributed by atoms with Crippen LogP contribution in [0.15, 0.2) is 12.3 Å². The Morgan fingerprint density at radius 3 is 2.83 bits per heavy atom. The van der Waals surface area contributed by atoms with Gasteiger partial charge in [-0.05, 0) is 13.0 Å². The molecule has 12 heavy (non-hydrogen) atoms. The Hall–Kier alpha value is -1.22. The van der Waals surface area contributed by atoms with Crippen LogP contribution in [-0.2, 0) is 0 Å². The van der Waals surface area contributed by atoms with Crippen LogP contribution in [0, 0.1) is 0 Å². The van der Waals surface area contributed by atoms with E-state index in [1.807, 2.05) is 0 Å². The lowest BCUT2D eigenvalue weighted by Crippen LogP contribution is -1.97. The summed E-state index contributed by atoms with van der Waals surface area (Å²) in [5, 5.41) is 0.133. The first-order chi connectivity index (χ1) is 5.65. The summed E-state index contributed by atoms with van der Waals surface area (Å²) in [5.41, 5.74) is 0.630. The summed E-state index contributed by atoms with van der Waals surface area (Å²) in [4.78, 5) is 24.9. The Labute approximate surface area is 74.4 Å². The van der Waals surface area contributed by atoms with Crippen LogP contribution < -0.4 is 0 Å². The highest BCUT2D eigenvalue weighted by molar-refractivity contribution is 6.32. The van der Waals surface area contributed by atoms with Crippen molar-refractivity contribution in [1.29, 1.82) is 0 Å². The van der Waals surface area contributed by atoms with E-state index in [0.29, 0.717) is 11.8 Å². The lowest BCUT2D eigenvalue weighted by molar-refractivity contribution is 0.101. The highest BCUT2D eigenvalue weighted by Gasteiger charge is 2.06. The first kappa shape index (κ1) is 8.87. The molecule has 0 saturated heterocycles. The summed E-state index contributed by atoms with van der Waals surface area (Å²) in [6.07, 6.45) is 1.94. The van der Waals surface area contributed by atoms with E-state index in [9.17, 15) is 9.59 Å². The number of hydrogen-bond acceptors (Lipinski definition) is 3. The van der Waals surface area contributed by atoms with Gasteiger partial charge in [0.05, 0.1) is 5.56 Å². The smallest absolute Gasteiger partial charge is 0.162 e. The van der Waals surface area contributed by atoms with Crippen molar-refractivity contribution in [2.75, 3.05) is 0 Å². The lowest BCUT2D eigenvalue weighted by atomic mass is 10.1. The van der Waals surface area contributed by atoms with E-state index in [4.69, 9.17) is 11.6 Å². The van der Waals surface area contributed by atoms with E-state index >= 15 is 0 Å². The molecule has 0 amide bonds. The summed E-state index contributed by atoms with van der Waals surface area (Å²) in [6.45, 7) is 1.37. The number of carbonyl (C=O) groups excluding carboxylic acids is 2. The molecular formula is C8H6ClNO2. The van der Waals surface area contributed by atoms with Crippen molar-refractivity contribution in [2.45, 2.75) is 6.92 Å². The standard InChI is InChI=1S/C8H6ClNO2/c1-5(12)7-2-6(4-11)3-10-8(7)9/h2-4H,1H3. The van der Waals surface area contributed by atoms with Crippen molar-refractivity contribution in [3.63, 3.8) is 0 Å². The SMILES string of the molecule is CC(=O)c1cc(C=O)cnc1Cl. The third-order valence-electron chi connectivity index (χ3n) is 1.38. The predicted octanol–water partition coefficient (Wildman–Crippen LogP) is 1.75. The monoisotopic (exact) mass is 183 g/mol. The maximum Gasteiger partial charge on any atom is 0.162 e. The highest BCUT2D eigenvalue weighted by Crippen LogP contribution is 2.13. The number of aldehydes is 1. The maximum absolute atomic E-state index is 10.9. The van der Waals surface area contributed by atoms with Crippen LogP contribution in [-0.4, -0.2) is 17.1 Å². The van der Waals surface area contributed by atoms with Crippen molar-refractivity contribution >= 4 is 23.7 Å². The molecule has 0 aliphatic rings. The van der Waals surface area contributed by atoms with Gasteiger partial charge in [0.15, 0.2) is 12.1 Å². The lowest BCUT2D eigenvalue weighted by Gasteiger charge is -1.98. The van der Waals surface area contributed by atoms with Gasteiger partial charge in [0.2, 0.25) is 0 Å². The normalized spacial score (nSPS) is 9.50. The Bertz CT molecular complexity index is 336. The maximum atomic E-state index is 10.9. The highest BCUT2D eigenvalue weighted by atomic mass is 35.5. The largest absolute Gasteiger partial charge is 0.298 e. The van der Waals surface area contributed by atoms with Crippen molar-refractivity contribution < 1.29 is 9.59 Å². The topological polar surface area (TPSA) is 47.0 Å². The fourth-order valence-electron chi connectivity index (χ4n) is 0.776. The third kappa shape index (κ3) is 1.68. The molecule has 0 aliphatic carbocycles. The minimum Gasteiger partial charge on any atom is -0.298 e. The van der Waals surface area contributed by atoms with Crippen LogP contribution in [0.25, 0.3) is 0 Å². The van der Waals surface area contributed by atoms with E-state index in [1.54, 1.807) is 0 Å². The molecule has 0 bridgehead atoms. The molecule has 3 nitrogen and oxygen atoms in total. The summed E-state index contributed by atoms with van der Waals surface area (Å²) in [5.74, 6) is -0.198. The number of Topliss-reactive ketones (excluding diaryl/α,β-unsaturated/α-hetero) is 1. The number of ketones is 1. The van der Waals surface area contributed by atoms with Crippen LogP contribution in [0.4, 0.5) is 0 Å². The molecule has 0 aromatic carbocycles. The zero-order chi connectivity index (χ0) is 9.14. The minimum atomic E-state index is -0.198. The molecule has 0 atom stereocenters. The molecule has 0 spiro atoms. The molecule has 1 heterocycles. The van der Waals surface area contributed by atoms with Gasteiger partial charge in [-0.3, -0.25) is 9.59 Å². The van der Waals surface area contributed by atoms with Crippen molar-refractivity contribution in [2.24, 2.45) is 0 Å². The van der Waals surface area contributed by atoms with Gasteiger partial charge in [0.1, 0.15) is 5.15 Å². The van der Waals surface area contributed by atoms with Gasteiger partial charge >= 0.3 is 0 Å². The van der Waals surface area contributed by atoms with Crippen molar-refractivity contribution in [3.8, 4) is 0 Å². The van der Waals surface area contributed by atoms with Crippen LogP contribution in [0.2, 0.25) is 5.15 Å². The van der Waals surface area contributed by atoms with Gasteiger partial charge in [-0.1, -0.05) is 11.6 Å². The zero-order valence-electron chi connectivity index (χ0n) is 6.37. The number of rotatable bonds is 2. The van der Waals surface area contributed by atoms with Crippen molar-refractivity contribution in [3.05, 3.63) is 28.5 Å². The van der Waals surface area contributed by atoms with Crippen molar-refractivity contribution in [1.82, 2.24) is 4.98 Å². The van der Waals surface area contributed by atoms with E-state index in [-0.39, 0.29) is 16.5 Å². The van der Waals surface area contributed by atoms with Gasteiger partial charge in [0, 0.05) is 11.8 Å². The average Bonchev–Trinajstić information content (AvgIpc) is 2.05. The number of carbonyl (C=O) groups is 2. The van der Waals surface area contributed by atoms with Crippen LogP contribution in [0.1, 0.15) is 27.6 Å². The van der Waals surface area contributed by atoms with Crippen LogP contribution in [0.5, 0.6) is 0 Å². The summed E-state index contributed by atoms with van der Waals surface area (Å²) >= 11 is 5.60. The number of halogens is 1. The summed E-state index contributed by atoms with van der Waals surface area (Å²) < 4.78 is 0. The number of nitrogens with zero attached hydrogens (tertiary/aromatic N) is 1. The number of aromatic nitrogens is 1. The summed E-state index contributed by atoms with van der Waals surface area (Å²) in [7, 11) is 0. The second-order valence-electron chi connectivity index (χ2n) is 2.28. The second kappa shape index (κ2) is 3.45. The Morgan fingerprint density at radius 2 is 2.33 bits per heavy atom. The quantitative estimate of drug-likeness (QED) is 0.399. The average molecular weight is 184 g/mol. The van der Waals surface area contributed by atoms with E-state index in [0.717, 1.165) is 0 Å². The molecule has 0 fully saturated rings.